The van der Waals surface area contributed by atoms with E-state index >= 15 is 0 Å². The fraction of sp³-hybridized carbons (Fsp3) is 0.400. The molecule has 0 spiro atoms. The molecule has 1 aromatic carbocycles. The maximum atomic E-state index is 5.69. The summed E-state index contributed by atoms with van der Waals surface area (Å²) < 4.78 is 13.6. The van der Waals surface area contributed by atoms with Crippen LogP contribution in [0.25, 0.3) is 0 Å². The first-order chi connectivity index (χ1) is 10.3. The van der Waals surface area contributed by atoms with Crippen molar-refractivity contribution in [2.24, 2.45) is 0 Å². The van der Waals surface area contributed by atoms with Gasteiger partial charge in [-0.15, -0.1) is 0 Å². The number of hydrogen-bond acceptors (Lipinski definition) is 4. The third-order valence-electron chi connectivity index (χ3n) is 2.87. The number of ether oxygens (including phenoxy) is 2. The molecule has 0 fully saturated rings. The molecule has 114 valence electrons. The number of rotatable bonds is 9. The first-order valence-corrected chi connectivity index (χ1v) is 7.67. The highest BCUT2D eigenvalue weighted by molar-refractivity contribution is 9.10. The van der Waals surface area contributed by atoms with Crippen molar-refractivity contribution in [1.29, 1.82) is 0 Å². The van der Waals surface area contributed by atoms with Crippen LogP contribution in [0.15, 0.2) is 41.0 Å². The molecular weight excluding hydrogens is 334 g/mol. The Labute approximate surface area is 133 Å². The highest BCUT2D eigenvalue weighted by Crippen LogP contribution is 2.17. The molecule has 1 N–H and O–H groups in total. The van der Waals surface area contributed by atoms with E-state index < -0.39 is 0 Å². The van der Waals surface area contributed by atoms with Crippen molar-refractivity contribution >= 4 is 15.9 Å². The van der Waals surface area contributed by atoms with Crippen LogP contribution in [-0.4, -0.2) is 36.6 Å². The van der Waals surface area contributed by atoms with Crippen molar-refractivity contribution in [3.8, 4) is 5.75 Å². The molecule has 0 bridgehead atoms. The topological polar surface area (TPSA) is 48.3 Å². The summed E-state index contributed by atoms with van der Waals surface area (Å²) in [6, 6.07) is 9.84. The van der Waals surface area contributed by atoms with Crippen LogP contribution < -0.4 is 10.1 Å². The van der Waals surface area contributed by atoms with Crippen molar-refractivity contribution in [2.45, 2.75) is 13.1 Å². The summed E-state index contributed by atoms with van der Waals surface area (Å²) in [5.41, 5.74) is 1.02. The molecule has 21 heavy (non-hydrogen) atoms. The Morgan fingerprint density at radius 1 is 1.29 bits per heavy atom. The van der Waals surface area contributed by atoms with E-state index in [1.54, 1.807) is 7.11 Å². The van der Waals surface area contributed by atoms with Crippen LogP contribution in [0, 0.1) is 0 Å². The maximum Gasteiger partial charge on any atom is 0.120 e. The van der Waals surface area contributed by atoms with E-state index in [0.717, 1.165) is 35.6 Å². The zero-order valence-corrected chi connectivity index (χ0v) is 13.7. The lowest BCUT2D eigenvalue weighted by Crippen LogP contribution is -2.19. The number of halogens is 1. The van der Waals surface area contributed by atoms with Crippen LogP contribution in [0.3, 0.4) is 0 Å². The highest BCUT2D eigenvalue weighted by atomic mass is 79.9. The van der Waals surface area contributed by atoms with Crippen LogP contribution in [0.4, 0.5) is 0 Å². The lowest BCUT2D eigenvalue weighted by atomic mass is 10.3. The third kappa shape index (κ3) is 5.87. The van der Waals surface area contributed by atoms with E-state index in [9.17, 15) is 0 Å². The molecule has 5 nitrogen and oxygen atoms in total. The van der Waals surface area contributed by atoms with Crippen molar-refractivity contribution in [3.63, 3.8) is 0 Å². The van der Waals surface area contributed by atoms with Gasteiger partial charge in [0, 0.05) is 30.9 Å². The second-order valence-electron chi connectivity index (χ2n) is 4.55. The van der Waals surface area contributed by atoms with Gasteiger partial charge < -0.3 is 14.8 Å². The Kier molecular flexibility index (Phi) is 6.72. The van der Waals surface area contributed by atoms with Gasteiger partial charge in [-0.2, -0.15) is 5.10 Å². The molecule has 0 unspecified atom stereocenters. The molecular formula is C15H20BrN3O2. The van der Waals surface area contributed by atoms with Gasteiger partial charge in [-0.1, -0.05) is 22.0 Å². The van der Waals surface area contributed by atoms with E-state index in [1.807, 2.05) is 41.2 Å². The fourth-order valence-corrected chi connectivity index (χ4v) is 2.21. The number of nitrogens with zero attached hydrogens (tertiary/aromatic N) is 2. The molecule has 1 aromatic heterocycles. The number of aromatic nitrogens is 2. The molecule has 0 radical (unpaired) electrons. The summed E-state index contributed by atoms with van der Waals surface area (Å²) in [5, 5.41) is 7.75. The molecule has 0 aliphatic carbocycles. The minimum absolute atomic E-state index is 0.592. The maximum absolute atomic E-state index is 5.69. The van der Waals surface area contributed by atoms with Crippen molar-refractivity contribution in [1.82, 2.24) is 15.1 Å². The number of methoxy groups -OCH3 is 1. The normalized spacial score (nSPS) is 10.8. The van der Waals surface area contributed by atoms with Gasteiger partial charge in [0.1, 0.15) is 12.4 Å². The predicted octanol–water partition coefficient (Wildman–Crippen LogP) is 2.46. The Bertz CT molecular complexity index is 545. The van der Waals surface area contributed by atoms with Crippen LogP contribution >= 0.6 is 15.9 Å². The minimum Gasteiger partial charge on any atom is -0.492 e. The first-order valence-electron chi connectivity index (χ1n) is 6.88. The molecule has 0 saturated heterocycles. The summed E-state index contributed by atoms with van der Waals surface area (Å²) in [7, 11) is 1.70. The molecule has 0 saturated carbocycles. The van der Waals surface area contributed by atoms with Crippen LogP contribution in [-0.2, 0) is 17.8 Å². The van der Waals surface area contributed by atoms with Gasteiger partial charge in [0.15, 0.2) is 0 Å². The van der Waals surface area contributed by atoms with Gasteiger partial charge in [-0.05, 0) is 24.3 Å². The van der Waals surface area contributed by atoms with Gasteiger partial charge in [0.05, 0.1) is 18.8 Å². The predicted molar refractivity (Wildman–Crippen MR) is 85.4 cm³/mol. The quantitative estimate of drug-likeness (QED) is 0.703. The largest absolute Gasteiger partial charge is 0.492 e. The molecule has 0 amide bonds. The second-order valence-corrected chi connectivity index (χ2v) is 5.46. The lowest BCUT2D eigenvalue weighted by Gasteiger charge is -2.06. The van der Waals surface area contributed by atoms with Crippen LogP contribution in [0.2, 0.25) is 0 Å². The smallest absolute Gasteiger partial charge is 0.120 e. The van der Waals surface area contributed by atoms with Crippen molar-refractivity contribution in [2.75, 3.05) is 26.9 Å². The number of hydrogen-bond donors (Lipinski definition) is 1. The first kappa shape index (κ1) is 16.0. The molecule has 0 aliphatic rings. The average Bonchev–Trinajstić information content (AvgIpc) is 2.92. The summed E-state index contributed by atoms with van der Waals surface area (Å²) >= 11 is 3.42. The van der Waals surface area contributed by atoms with Crippen LogP contribution in [0.5, 0.6) is 5.75 Å². The summed E-state index contributed by atoms with van der Waals surface area (Å²) in [4.78, 5) is 0. The molecule has 0 atom stereocenters. The van der Waals surface area contributed by atoms with E-state index in [4.69, 9.17) is 9.47 Å². The van der Waals surface area contributed by atoms with Gasteiger partial charge in [0.2, 0.25) is 0 Å². The van der Waals surface area contributed by atoms with Crippen LogP contribution in [0.1, 0.15) is 5.69 Å². The Hall–Kier alpha value is -1.37. The molecule has 2 rings (SSSR count). The zero-order chi connectivity index (χ0) is 14.9. The molecule has 1 heterocycles. The summed E-state index contributed by atoms with van der Waals surface area (Å²) in [6.07, 6.45) is 1.97. The Morgan fingerprint density at radius 3 is 3.00 bits per heavy atom. The van der Waals surface area contributed by atoms with E-state index in [-0.39, 0.29) is 0 Å². The molecule has 2 aromatic rings. The number of benzene rings is 1. The van der Waals surface area contributed by atoms with E-state index in [1.165, 1.54) is 0 Å². The average molecular weight is 354 g/mol. The summed E-state index contributed by atoms with van der Waals surface area (Å²) in [6.45, 7) is 3.61. The monoisotopic (exact) mass is 353 g/mol. The van der Waals surface area contributed by atoms with Crippen molar-refractivity contribution in [3.05, 3.63) is 46.7 Å². The van der Waals surface area contributed by atoms with E-state index in [0.29, 0.717) is 13.2 Å². The zero-order valence-electron chi connectivity index (χ0n) is 12.1. The molecule has 0 aliphatic heterocycles. The Balaban J connectivity index is 1.70. The van der Waals surface area contributed by atoms with Gasteiger partial charge in [0.25, 0.3) is 0 Å². The standard InChI is InChI=1S/C15H20BrN3O2/c1-20-9-6-17-12-14-5-7-19(18-14)8-10-21-15-4-2-3-13(16)11-15/h2-5,7,11,17H,6,8-10,12H2,1H3. The van der Waals surface area contributed by atoms with Crippen molar-refractivity contribution < 1.29 is 9.47 Å². The lowest BCUT2D eigenvalue weighted by molar-refractivity contribution is 0.199. The summed E-state index contributed by atoms with van der Waals surface area (Å²) in [5.74, 6) is 0.859. The van der Waals surface area contributed by atoms with Gasteiger partial charge in [-0.3, -0.25) is 4.68 Å². The minimum atomic E-state index is 0.592. The van der Waals surface area contributed by atoms with Gasteiger partial charge in [-0.25, -0.2) is 0 Å². The second kappa shape index (κ2) is 8.81. The van der Waals surface area contributed by atoms with E-state index in [2.05, 4.69) is 26.3 Å². The number of nitrogens with one attached hydrogen (secondary N) is 1. The van der Waals surface area contributed by atoms with Gasteiger partial charge >= 0.3 is 0 Å². The SMILES string of the molecule is COCCNCc1ccn(CCOc2cccc(Br)c2)n1. The fourth-order valence-electron chi connectivity index (χ4n) is 1.83. The third-order valence-corrected chi connectivity index (χ3v) is 3.36. The Morgan fingerprint density at radius 2 is 2.19 bits per heavy atom. The molecule has 6 heteroatoms. The highest BCUT2D eigenvalue weighted by Gasteiger charge is 2.00.